The Morgan fingerprint density at radius 2 is 1.80 bits per heavy atom. The number of ketones is 1. The van der Waals surface area contributed by atoms with E-state index in [2.05, 4.69) is 54.0 Å². The fourth-order valence-corrected chi connectivity index (χ4v) is 9.12. The number of methoxy groups -OCH3 is 1. The quantitative estimate of drug-likeness (QED) is 0.220. The molecule has 7 heteroatoms. The highest BCUT2D eigenvalue weighted by Crippen LogP contribution is 2.59. The number of para-hydroxylation sites is 2. The van der Waals surface area contributed by atoms with E-state index in [1.54, 1.807) is 7.11 Å². The zero-order chi connectivity index (χ0) is 32.5. The number of aliphatic hydroxyl groups is 2. The number of fused-ring (bicyclic) bond motifs is 8. The van der Waals surface area contributed by atoms with Crippen LogP contribution in [0.2, 0.25) is 0 Å². The van der Waals surface area contributed by atoms with Crippen molar-refractivity contribution in [3.63, 3.8) is 0 Å². The molecular formula is C39H50N2O4S. The molecule has 1 aliphatic heterocycles. The van der Waals surface area contributed by atoms with Gasteiger partial charge in [0.05, 0.1) is 29.4 Å². The third kappa shape index (κ3) is 6.57. The molecule has 3 aromatic rings. The van der Waals surface area contributed by atoms with E-state index in [1.165, 1.54) is 16.9 Å². The van der Waals surface area contributed by atoms with E-state index in [0.717, 1.165) is 89.7 Å². The largest absolute Gasteiger partial charge is 0.495 e. The van der Waals surface area contributed by atoms with Crippen molar-refractivity contribution in [2.24, 2.45) is 5.41 Å². The van der Waals surface area contributed by atoms with Gasteiger partial charge in [-0.3, -0.25) is 9.69 Å². The second-order valence-electron chi connectivity index (χ2n) is 14.1. The monoisotopic (exact) mass is 642 g/mol. The fraction of sp³-hybridized carbons (Fsp3) is 0.513. The molecule has 4 unspecified atom stereocenters. The Labute approximate surface area is 278 Å². The van der Waals surface area contributed by atoms with E-state index in [0.29, 0.717) is 25.8 Å². The summed E-state index contributed by atoms with van der Waals surface area (Å²) in [6.45, 7) is 10.6. The van der Waals surface area contributed by atoms with Gasteiger partial charge in [0, 0.05) is 48.6 Å². The molecule has 6 nitrogen and oxygen atoms in total. The molecule has 2 fully saturated rings. The van der Waals surface area contributed by atoms with Crippen LogP contribution in [0, 0.1) is 12.3 Å². The number of aliphatic hydroxyl groups excluding tert-OH is 1. The molecule has 3 aliphatic carbocycles. The molecule has 1 saturated carbocycles. The molecule has 2 bridgehead atoms. The van der Waals surface area contributed by atoms with Crippen LogP contribution in [0.4, 0.5) is 5.69 Å². The maximum Gasteiger partial charge on any atom is 0.203 e. The third-order valence-electron chi connectivity index (χ3n) is 11.2. The second kappa shape index (κ2) is 13.6. The van der Waals surface area contributed by atoms with E-state index in [9.17, 15) is 15.0 Å². The predicted molar refractivity (Wildman–Crippen MR) is 188 cm³/mol. The minimum atomic E-state index is -0.891. The van der Waals surface area contributed by atoms with Gasteiger partial charge in [-0.25, -0.2) is 0 Å². The number of allylic oxidation sites excluding steroid dienone is 2. The van der Waals surface area contributed by atoms with Gasteiger partial charge in [-0.05, 0) is 106 Å². The maximum atomic E-state index is 14.1. The topological polar surface area (TPSA) is 73.2 Å². The summed E-state index contributed by atoms with van der Waals surface area (Å²) in [7, 11) is 1.72. The highest BCUT2D eigenvalue weighted by molar-refractivity contribution is 7.14. The molecule has 2 aromatic carbocycles. The molecule has 1 saturated heterocycles. The Balaban J connectivity index is 1.31. The first-order chi connectivity index (χ1) is 22.1. The second-order valence-corrected chi connectivity index (χ2v) is 15.4. The number of nitrogens with zero attached hydrogens (tertiary/aromatic N) is 2. The van der Waals surface area contributed by atoms with Crippen LogP contribution in [0.15, 0.2) is 66.2 Å². The summed E-state index contributed by atoms with van der Waals surface area (Å²) >= 11 is 1.54. The van der Waals surface area contributed by atoms with E-state index < -0.39 is 17.1 Å². The maximum absolute atomic E-state index is 14.1. The zero-order valence-corrected chi connectivity index (χ0v) is 28.7. The van der Waals surface area contributed by atoms with Crippen molar-refractivity contribution in [3.05, 3.63) is 92.7 Å². The summed E-state index contributed by atoms with van der Waals surface area (Å²) in [5.41, 5.74) is 3.89. The minimum Gasteiger partial charge on any atom is -0.495 e. The smallest absolute Gasteiger partial charge is 0.203 e. The van der Waals surface area contributed by atoms with Gasteiger partial charge in [0.1, 0.15) is 5.75 Å². The van der Waals surface area contributed by atoms with E-state index in [-0.39, 0.29) is 11.7 Å². The average Bonchev–Trinajstić information content (AvgIpc) is 3.60. The summed E-state index contributed by atoms with van der Waals surface area (Å²) < 4.78 is 5.64. The lowest BCUT2D eigenvalue weighted by molar-refractivity contribution is -0.0841. The number of rotatable bonds is 6. The Morgan fingerprint density at radius 3 is 2.54 bits per heavy atom. The molecule has 0 amide bonds. The van der Waals surface area contributed by atoms with E-state index in [1.807, 2.05) is 37.3 Å². The van der Waals surface area contributed by atoms with Gasteiger partial charge in [-0.15, -0.1) is 11.3 Å². The van der Waals surface area contributed by atoms with Crippen molar-refractivity contribution in [1.82, 2.24) is 4.90 Å². The van der Waals surface area contributed by atoms with E-state index in [4.69, 9.17) is 4.74 Å². The summed E-state index contributed by atoms with van der Waals surface area (Å²) in [5, 5.41) is 23.6. The molecule has 2 heterocycles. The molecule has 2 N–H and O–H groups in total. The molecular weight excluding hydrogens is 593 g/mol. The van der Waals surface area contributed by atoms with Crippen LogP contribution in [0.3, 0.4) is 0 Å². The summed E-state index contributed by atoms with van der Waals surface area (Å²) in [6.07, 6.45) is 7.18. The predicted octanol–water partition coefficient (Wildman–Crippen LogP) is 7.16. The van der Waals surface area contributed by atoms with Gasteiger partial charge >= 0.3 is 0 Å². The lowest BCUT2D eigenvalue weighted by Gasteiger charge is -2.47. The number of hydrogen-bond donors (Lipinski definition) is 2. The molecule has 4 atom stereocenters. The average molecular weight is 643 g/mol. The summed E-state index contributed by atoms with van der Waals surface area (Å²) in [6, 6.07) is 18.4. The van der Waals surface area contributed by atoms with Crippen molar-refractivity contribution in [2.45, 2.75) is 83.3 Å². The van der Waals surface area contributed by atoms with Crippen molar-refractivity contribution in [3.8, 4) is 5.75 Å². The number of aryl methyl sites for hydroxylation is 1. The number of hydrogen-bond acceptors (Lipinski definition) is 7. The standard InChI is InChI=1S/C39H50N2O4S/c1-27-8-7-18-38(3)33(17-19-39(38,44)26-40-20-22-41(23-21-40)34-9-5-6-10-35(34)45-4)31-15-13-29(24-30(42)14-11-27)25-32(31)37(43)36-16-12-28(2)46-36/h5-6,8-10,12-13,15-16,25,30,33,42,44H,7,11,14,17-24,26H2,1-4H3. The number of anilines is 1. The van der Waals surface area contributed by atoms with Crippen molar-refractivity contribution in [1.29, 1.82) is 0 Å². The lowest BCUT2D eigenvalue weighted by Crippen LogP contribution is -2.56. The molecule has 1 aromatic heterocycles. The molecule has 246 valence electrons. The van der Waals surface area contributed by atoms with Crippen LogP contribution >= 0.6 is 11.3 Å². The van der Waals surface area contributed by atoms with Crippen LogP contribution in [0.5, 0.6) is 5.75 Å². The molecule has 7 rings (SSSR count). The number of carbonyl (C=O) groups excluding carboxylic acids is 1. The first kappa shape index (κ1) is 33.0. The summed E-state index contributed by atoms with van der Waals surface area (Å²) in [5.74, 6) is 0.993. The van der Waals surface area contributed by atoms with Crippen LogP contribution in [-0.4, -0.2) is 72.4 Å². The molecule has 4 aliphatic rings. The number of benzene rings is 2. The van der Waals surface area contributed by atoms with Crippen LogP contribution in [0.1, 0.15) is 89.5 Å². The van der Waals surface area contributed by atoms with Crippen LogP contribution in [0.25, 0.3) is 0 Å². The normalized spacial score (nSPS) is 27.6. The van der Waals surface area contributed by atoms with Crippen LogP contribution in [-0.2, 0) is 6.42 Å². The van der Waals surface area contributed by atoms with E-state index >= 15 is 0 Å². The number of piperazine rings is 1. The minimum absolute atomic E-state index is 0.0444. The van der Waals surface area contributed by atoms with Gasteiger partial charge in [-0.1, -0.05) is 42.8 Å². The number of ether oxygens (including phenoxy) is 1. The fourth-order valence-electron chi connectivity index (χ4n) is 8.29. The van der Waals surface area contributed by atoms with Gasteiger partial charge in [0.15, 0.2) is 0 Å². The Morgan fingerprint density at radius 1 is 1.02 bits per heavy atom. The molecule has 0 spiro atoms. The number of carbonyl (C=O) groups is 1. The summed E-state index contributed by atoms with van der Waals surface area (Å²) in [4.78, 5) is 20.8. The van der Waals surface area contributed by atoms with Gasteiger partial charge < -0.3 is 19.8 Å². The van der Waals surface area contributed by atoms with Gasteiger partial charge in [0.25, 0.3) is 0 Å². The first-order valence-corrected chi connectivity index (χ1v) is 17.8. The number of thiophene rings is 1. The highest BCUT2D eigenvalue weighted by atomic mass is 32.1. The Kier molecular flexibility index (Phi) is 9.77. The zero-order valence-electron chi connectivity index (χ0n) is 27.9. The first-order valence-electron chi connectivity index (χ1n) is 17.0. The van der Waals surface area contributed by atoms with Crippen molar-refractivity contribution < 1.29 is 19.7 Å². The van der Waals surface area contributed by atoms with Gasteiger partial charge in [0.2, 0.25) is 5.78 Å². The van der Waals surface area contributed by atoms with Gasteiger partial charge in [-0.2, -0.15) is 0 Å². The van der Waals surface area contributed by atoms with Crippen LogP contribution < -0.4 is 9.64 Å². The van der Waals surface area contributed by atoms with Crippen molar-refractivity contribution in [2.75, 3.05) is 44.7 Å². The Bertz CT molecular complexity index is 1570. The Hall–Kier alpha value is -2.97. The number of β-amino-alcohol motifs (C(OH)–C–C–N with tert-alkyl or cyclic N) is 1. The lowest BCUT2D eigenvalue weighted by atomic mass is 9.64. The van der Waals surface area contributed by atoms with Crippen molar-refractivity contribution >= 4 is 22.8 Å². The third-order valence-corrected chi connectivity index (χ3v) is 12.2. The SMILES string of the molecule is COc1ccccc1N1CCN(CC2(O)CCC3c4ccc(cc4C(=O)c4ccc(C)s4)CC(O)CCC(C)=CCCC32C)CC1. The molecule has 46 heavy (non-hydrogen) atoms. The highest BCUT2D eigenvalue weighted by Gasteiger charge is 2.57. The molecule has 0 radical (unpaired) electrons.